The Morgan fingerprint density at radius 1 is 1.33 bits per heavy atom. The third-order valence-corrected chi connectivity index (χ3v) is 8.86. The molecule has 0 aromatic rings. The highest BCUT2D eigenvalue weighted by Crippen LogP contribution is 2.67. The molecule has 2 bridgehead atoms. The highest BCUT2D eigenvalue weighted by Gasteiger charge is 2.68. The zero-order chi connectivity index (χ0) is 20.2. The van der Waals surface area contributed by atoms with Crippen molar-refractivity contribution in [2.45, 2.75) is 85.4 Å². The predicted octanol–water partition coefficient (Wildman–Crippen LogP) is 4.30. The van der Waals surface area contributed by atoms with Crippen molar-refractivity contribution < 1.29 is 19.4 Å². The van der Waals surface area contributed by atoms with Crippen molar-refractivity contribution in [1.82, 2.24) is 0 Å². The van der Waals surface area contributed by atoms with E-state index >= 15 is 0 Å². The molecule has 0 saturated heterocycles. The summed E-state index contributed by atoms with van der Waals surface area (Å²) in [5.74, 6) is 0.199. The summed E-state index contributed by atoms with van der Waals surface area (Å²) in [4.78, 5) is 25.5. The molecule has 1 N–H and O–H groups in total. The fraction of sp³-hybridized carbons (Fsp3) is 0.826. The minimum absolute atomic E-state index is 0.00611. The van der Waals surface area contributed by atoms with E-state index in [0.717, 1.165) is 19.3 Å². The Morgan fingerprint density at radius 2 is 2.00 bits per heavy atom. The van der Waals surface area contributed by atoms with Crippen LogP contribution in [0.4, 0.5) is 0 Å². The lowest BCUT2D eigenvalue weighted by molar-refractivity contribution is -0.206. The van der Waals surface area contributed by atoms with Crippen LogP contribution in [0.15, 0.2) is 12.7 Å². The van der Waals surface area contributed by atoms with Gasteiger partial charge in [-0.25, -0.2) is 0 Å². The minimum Gasteiger partial charge on any atom is -0.462 e. The van der Waals surface area contributed by atoms with Gasteiger partial charge >= 0.3 is 5.97 Å². The molecule has 4 heteroatoms. The smallest absolute Gasteiger partial charge is 0.305 e. The van der Waals surface area contributed by atoms with E-state index in [1.54, 1.807) is 6.92 Å². The summed E-state index contributed by atoms with van der Waals surface area (Å²) < 4.78 is 6.02. The second kappa shape index (κ2) is 6.72. The number of carbonyl (C=O) groups excluding carboxylic acids is 2. The average molecular weight is 377 g/mol. The summed E-state index contributed by atoms with van der Waals surface area (Å²) >= 11 is 0. The van der Waals surface area contributed by atoms with Crippen LogP contribution in [-0.2, 0) is 14.3 Å². The normalized spacial score (nSPS) is 49.7. The van der Waals surface area contributed by atoms with Crippen molar-refractivity contribution in [3.05, 3.63) is 12.7 Å². The molecule has 3 saturated carbocycles. The highest BCUT2D eigenvalue weighted by molar-refractivity contribution is 5.85. The summed E-state index contributed by atoms with van der Waals surface area (Å²) in [6.45, 7) is 14.3. The SMILES string of the molecule is C=C[C@]1(C)C[C@@H](OC(=O)CC)[C@]2(C)[C@H](C)CC[C@]3(CCC(=O)[C@H]32)[C@@H](C)[C@@H]1O. The molecule has 0 aliphatic heterocycles. The van der Waals surface area contributed by atoms with Crippen LogP contribution in [0.1, 0.15) is 73.1 Å². The van der Waals surface area contributed by atoms with Crippen molar-refractivity contribution in [2.24, 2.45) is 34.0 Å². The van der Waals surface area contributed by atoms with E-state index in [1.807, 2.05) is 13.0 Å². The van der Waals surface area contributed by atoms with Crippen molar-refractivity contribution in [3.63, 3.8) is 0 Å². The van der Waals surface area contributed by atoms with Crippen molar-refractivity contribution >= 4 is 11.8 Å². The lowest BCUT2D eigenvalue weighted by Crippen LogP contribution is -2.63. The van der Waals surface area contributed by atoms with E-state index in [4.69, 9.17) is 4.74 Å². The van der Waals surface area contributed by atoms with E-state index in [1.165, 1.54) is 0 Å². The van der Waals surface area contributed by atoms with Gasteiger partial charge in [-0.1, -0.05) is 40.7 Å². The second-order valence-corrected chi connectivity index (χ2v) is 9.92. The van der Waals surface area contributed by atoms with Gasteiger partial charge in [0.25, 0.3) is 0 Å². The molecular formula is C23H36O4. The summed E-state index contributed by atoms with van der Waals surface area (Å²) in [7, 11) is 0. The number of hydrogen-bond acceptors (Lipinski definition) is 4. The average Bonchev–Trinajstić information content (AvgIpc) is 3.00. The molecular weight excluding hydrogens is 340 g/mol. The standard InChI is InChI=1S/C23H36O4/c1-7-18(25)27-17-13-21(5,8-2)20(26)15(4)23-11-9-14(3)22(17,6)19(23)16(24)10-12-23/h8,14-15,17,19-20,26H,2,7,9-13H2,1,3-6H3/t14-,15+,17-,19+,20+,21-,22+,23+/m1/s1. The third kappa shape index (κ3) is 2.73. The van der Waals surface area contributed by atoms with Crippen LogP contribution in [-0.4, -0.2) is 29.1 Å². The summed E-state index contributed by atoms with van der Waals surface area (Å²) in [5, 5.41) is 11.4. The van der Waals surface area contributed by atoms with Crippen molar-refractivity contribution in [2.75, 3.05) is 0 Å². The second-order valence-electron chi connectivity index (χ2n) is 9.92. The first-order chi connectivity index (χ1) is 12.6. The zero-order valence-corrected chi connectivity index (χ0v) is 17.6. The fourth-order valence-corrected chi connectivity index (χ4v) is 6.74. The molecule has 3 aliphatic carbocycles. The first-order valence-electron chi connectivity index (χ1n) is 10.6. The number of rotatable bonds is 3. The molecule has 3 rings (SSSR count). The number of ketones is 1. The van der Waals surface area contributed by atoms with Gasteiger partial charge < -0.3 is 9.84 Å². The number of esters is 1. The minimum atomic E-state index is -0.607. The Labute approximate surface area is 163 Å². The maximum Gasteiger partial charge on any atom is 0.305 e. The number of carbonyl (C=O) groups is 2. The molecule has 3 aliphatic rings. The van der Waals surface area contributed by atoms with Crippen molar-refractivity contribution in [1.29, 1.82) is 0 Å². The Balaban J connectivity index is 2.21. The third-order valence-electron chi connectivity index (χ3n) is 8.86. The predicted molar refractivity (Wildman–Crippen MR) is 105 cm³/mol. The number of hydrogen-bond donors (Lipinski definition) is 1. The first kappa shape index (κ1) is 20.6. The summed E-state index contributed by atoms with van der Waals surface area (Å²) in [6.07, 6.45) is 5.02. The van der Waals surface area contributed by atoms with E-state index < -0.39 is 23.0 Å². The molecule has 0 amide bonds. The monoisotopic (exact) mass is 376 g/mol. The summed E-state index contributed by atoms with van der Waals surface area (Å²) in [5.41, 5.74) is -1.17. The lowest BCUT2D eigenvalue weighted by atomic mass is 9.44. The van der Waals surface area contributed by atoms with Crippen LogP contribution in [0.3, 0.4) is 0 Å². The molecule has 0 radical (unpaired) electrons. The van der Waals surface area contributed by atoms with Crippen LogP contribution >= 0.6 is 0 Å². The van der Waals surface area contributed by atoms with E-state index in [9.17, 15) is 14.7 Å². The molecule has 0 unspecified atom stereocenters. The van der Waals surface area contributed by atoms with Gasteiger partial charge in [-0.2, -0.15) is 0 Å². The number of aliphatic hydroxyl groups is 1. The number of Topliss-reactive ketones (excluding diaryl/α,β-unsaturated/α-hetero) is 1. The molecule has 0 aromatic carbocycles. The Kier molecular flexibility index (Phi) is 5.12. The van der Waals surface area contributed by atoms with Crippen LogP contribution in [0.25, 0.3) is 0 Å². The molecule has 4 nitrogen and oxygen atoms in total. The summed E-state index contributed by atoms with van der Waals surface area (Å²) in [6, 6.07) is 0. The van der Waals surface area contributed by atoms with Gasteiger partial charge in [0.15, 0.2) is 0 Å². The van der Waals surface area contributed by atoms with Gasteiger partial charge in [0.2, 0.25) is 0 Å². The Morgan fingerprint density at radius 3 is 2.59 bits per heavy atom. The molecule has 0 heterocycles. The largest absolute Gasteiger partial charge is 0.462 e. The van der Waals surface area contributed by atoms with Crippen LogP contribution < -0.4 is 0 Å². The molecule has 0 spiro atoms. The molecule has 152 valence electrons. The van der Waals surface area contributed by atoms with Crippen LogP contribution in [0.5, 0.6) is 0 Å². The number of ether oxygens (including phenoxy) is 1. The van der Waals surface area contributed by atoms with Gasteiger partial charge in [0.1, 0.15) is 11.9 Å². The highest BCUT2D eigenvalue weighted by atomic mass is 16.5. The van der Waals surface area contributed by atoms with Gasteiger partial charge in [-0.3, -0.25) is 9.59 Å². The van der Waals surface area contributed by atoms with Crippen molar-refractivity contribution in [3.8, 4) is 0 Å². The maximum absolute atomic E-state index is 13.2. The Hall–Kier alpha value is -1.16. The maximum atomic E-state index is 13.2. The van der Waals surface area contributed by atoms with Crippen LogP contribution in [0, 0.1) is 34.0 Å². The van der Waals surface area contributed by atoms with Gasteiger partial charge in [0, 0.05) is 29.6 Å². The van der Waals surface area contributed by atoms with Gasteiger partial charge in [0.05, 0.1) is 6.10 Å². The van der Waals surface area contributed by atoms with E-state index in [-0.39, 0.29) is 29.1 Å². The van der Waals surface area contributed by atoms with E-state index in [2.05, 4.69) is 27.4 Å². The van der Waals surface area contributed by atoms with Gasteiger partial charge in [-0.15, -0.1) is 6.58 Å². The molecule has 27 heavy (non-hydrogen) atoms. The molecule has 8 atom stereocenters. The fourth-order valence-electron chi connectivity index (χ4n) is 6.74. The molecule has 3 fully saturated rings. The quantitative estimate of drug-likeness (QED) is 0.589. The van der Waals surface area contributed by atoms with Gasteiger partial charge in [-0.05, 0) is 42.9 Å². The first-order valence-corrected chi connectivity index (χ1v) is 10.6. The Bertz CT molecular complexity index is 642. The van der Waals surface area contributed by atoms with Crippen LogP contribution in [0.2, 0.25) is 0 Å². The lowest BCUT2D eigenvalue weighted by Gasteiger charge is -2.61. The van der Waals surface area contributed by atoms with E-state index in [0.29, 0.717) is 25.0 Å². The topological polar surface area (TPSA) is 63.6 Å². The number of aliphatic hydroxyl groups excluding tert-OH is 1. The molecule has 0 aromatic heterocycles. The zero-order valence-electron chi connectivity index (χ0n) is 17.6.